The first-order valence-electron chi connectivity index (χ1n) is 16.2. The van der Waals surface area contributed by atoms with E-state index in [0.717, 1.165) is 5.56 Å². The normalized spacial score (nSPS) is 12.5. The summed E-state index contributed by atoms with van der Waals surface area (Å²) in [4.78, 5) is 61.5. The number of hydrogen-bond acceptors (Lipinski definition) is 7. The maximum absolute atomic E-state index is 13.7. The van der Waals surface area contributed by atoms with E-state index < -0.39 is 47.7 Å². The topological polar surface area (TPSA) is 295 Å². The van der Waals surface area contributed by atoms with Crippen LogP contribution in [0.1, 0.15) is 56.2 Å². The van der Waals surface area contributed by atoms with E-state index in [-0.39, 0.29) is 61.7 Å². The molecule has 3 atom stereocenters. The summed E-state index contributed by atoms with van der Waals surface area (Å²) in [6.07, 6.45) is 0.974. The van der Waals surface area contributed by atoms with Crippen molar-refractivity contribution in [2.24, 2.45) is 44.6 Å². The fourth-order valence-corrected chi connectivity index (χ4v) is 5.11. The summed E-state index contributed by atoms with van der Waals surface area (Å²) >= 11 is 12.1. The minimum absolute atomic E-state index is 0.0797. The van der Waals surface area contributed by atoms with Crippen LogP contribution in [0.15, 0.2) is 52.4 Å². The standard InChI is InChI=1S/C33H48Cl2N12O4/c1-18(2)27(47-30(50)25(6-4-14-43-33(40)41)45-26(48)16-20-9-12-22(34)23(35)15-20)31(51)46-24(5-3-13-42-32(38)39)29(49)44-17-19-7-10-21(11-8-19)28(36)37/h7-12,15,18,24-25,27H,3-6,13-14,16-17H2,1-2H3,(H3,36,37)(H,44,49)(H,45,48)(H,46,51)(H,47,50)(H4,38,39,42)(H4,40,41,43)/t24-,25-,27-/m0/s1. The van der Waals surface area contributed by atoms with Gasteiger partial charge in [-0.1, -0.05) is 67.4 Å². The third kappa shape index (κ3) is 15.6. The van der Waals surface area contributed by atoms with Crippen LogP contribution in [0.25, 0.3) is 0 Å². The van der Waals surface area contributed by atoms with E-state index in [2.05, 4.69) is 31.3 Å². The van der Waals surface area contributed by atoms with Crippen molar-refractivity contribution < 1.29 is 19.2 Å². The number of nitrogens with two attached hydrogens (primary N) is 5. The number of nitrogens with one attached hydrogen (secondary N) is 5. The first kappa shape index (κ1) is 42.1. The maximum atomic E-state index is 13.7. The van der Waals surface area contributed by atoms with E-state index in [9.17, 15) is 19.2 Å². The molecule has 2 aromatic carbocycles. The van der Waals surface area contributed by atoms with E-state index in [1.165, 1.54) is 0 Å². The summed E-state index contributed by atoms with van der Waals surface area (Å²) in [5.74, 6) is -2.85. The van der Waals surface area contributed by atoms with E-state index >= 15 is 0 Å². The number of carbonyl (C=O) groups is 4. The fraction of sp³-hybridized carbons (Fsp3) is 0.424. The number of benzene rings is 2. The molecule has 15 N–H and O–H groups in total. The molecule has 0 aliphatic rings. The quantitative estimate of drug-likeness (QED) is 0.0507. The molecule has 0 saturated heterocycles. The lowest BCUT2D eigenvalue weighted by molar-refractivity contribution is -0.134. The van der Waals surface area contributed by atoms with Gasteiger partial charge in [-0.15, -0.1) is 0 Å². The number of amides is 4. The van der Waals surface area contributed by atoms with Crippen molar-refractivity contribution in [1.29, 1.82) is 5.41 Å². The number of nitrogens with zero attached hydrogens (tertiary/aromatic N) is 2. The Balaban J connectivity index is 2.20. The molecular weight excluding hydrogens is 699 g/mol. The Kier molecular flexibility index (Phi) is 17.5. The van der Waals surface area contributed by atoms with Crippen LogP contribution in [0.2, 0.25) is 10.0 Å². The molecule has 0 aliphatic carbocycles. The molecule has 0 saturated carbocycles. The first-order valence-corrected chi connectivity index (χ1v) is 17.0. The molecular formula is C33H48Cl2N12O4. The molecule has 16 nitrogen and oxygen atoms in total. The van der Waals surface area contributed by atoms with Gasteiger partial charge < -0.3 is 49.9 Å². The van der Waals surface area contributed by atoms with Crippen LogP contribution >= 0.6 is 23.2 Å². The number of aliphatic imine (C=N–C) groups is 2. The Hall–Kier alpha value is -5.09. The summed E-state index contributed by atoms with van der Waals surface area (Å²) in [6, 6.07) is 8.44. The summed E-state index contributed by atoms with van der Waals surface area (Å²) in [5.41, 5.74) is 29.1. The minimum atomic E-state index is -1.07. The summed E-state index contributed by atoms with van der Waals surface area (Å²) in [5, 5.41) is 19.2. The van der Waals surface area contributed by atoms with Gasteiger partial charge in [0.1, 0.15) is 24.0 Å². The summed E-state index contributed by atoms with van der Waals surface area (Å²) in [7, 11) is 0. The third-order valence-electron chi connectivity index (χ3n) is 7.50. The first-order chi connectivity index (χ1) is 24.1. The van der Waals surface area contributed by atoms with Crippen molar-refractivity contribution in [3.63, 3.8) is 0 Å². The Morgan fingerprint density at radius 2 is 1.27 bits per heavy atom. The van der Waals surface area contributed by atoms with Gasteiger partial charge in [0.15, 0.2) is 11.9 Å². The predicted molar refractivity (Wildman–Crippen MR) is 200 cm³/mol. The van der Waals surface area contributed by atoms with Gasteiger partial charge in [0.2, 0.25) is 23.6 Å². The van der Waals surface area contributed by atoms with Crippen molar-refractivity contribution in [2.45, 2.75) is 70.6 Å². The molecule has 0 unspecified atom stereocenters. The van der Waals surface area contributed by atoms with Gasteiger partial charge in [0, 0.05) is 25.2 Å². The fourth-order valence-electron chi connectivity index (χ4n) is 4.79. The largest absolute Gasteiger partial charge is 0.384 e. The number of carbonyl (C=O) groups excluding carboxylic acids is 4. The highest BCUT2D eigenvalue weighted by Gasteiger charge is 2.31. The van der Waals surface area contributed by atoms with Gasteiger partial charge in [0.25, 0.3) is 0 Å². The van der Waals surface area contributed by atoms with E-state index in [0.29, 0.717) is 29.0 Å². The minimum Gasteiger partial charge on any atom is -0.384 e. The van der Waals surface area contributed by atoms with Crippen LogP contribution in [-0.4, -0.2) is 72.6 Å². The van der Waals surface area contributed by atoms with Crippen molar-refractivity contribution in [1.82, 2.24) is 21.3 Å². The third-order valence-corrected chi connectivity index (χ3v) is 8.24. The molecule has 0 fully saturated rings. The molecule has 0 bridgehead atoms. The number of rotatable bonds is 20. The number of nitrogen functional groups attached to an aromatic ring is 1. The highest BCUT2D eigenvalue weighted by Crippen LogP contribution is 2.23. The molecule has 4 amide bonds. The molecule has 0 heterocycles. The summed E-state index contributed by atoms with van der Waals surface area (Å²) in [6.45, 7) is 4.05. The average Bonchev–Trinajstić information content (AvgIpc) is 3.06. The maximum Gasteiger partial charge on any atom is 0.243 e. The predicted octanol–water partition coefficient (Wildman–Crippen LogP) is 0.354. The Morgan fingerprint density at radius 1 is 0.725 bits per heavy atom. The smallest absolute Gasteiger partial charge is 0.243 e. The van der Waals surface area contributed by atoms with E-state index in [4.69, 9.17) is 57.3 Å². The van der Waals surface area contributed by atoms with E-state index in [1.54, 1.807) is 56.3 Å². The van der Waals surface area contributed by atoms with E-state index in [1.807, 2.05) is 0 Å². The van der Waals surface area contributed by atoms with Crippen LogP contribution in [0.5, 0.6) is 0 Å². The molecule has 51 heavy (non-hydrogen) atoms. The van der Waals surface area contributed by atoms with Gasteiger partial charge in [-0.05, 0) is 54.9 Å². The zero-order chi connectivity index (χ0) is 38.1. The van der Waals surface area contributed by atoms with Gasteiger partial charge in [-0.25, -0.2) is 0 Å². The SMILES string of the molecule is CC(C)[C@H](NC(=O)[C@H](CCCN=C(N)N)NC(=O)Cc1ccc(Cl)c(Cl)c1)C(=O)N[C@@H](CCCN=C(N)N)C(=O)NCc1ccc(C(=N)N)cc1. The van der Waals surface area contributed by atoms with Crippen molar-refractivity contribution in [3.05, 3.63) is 69.2 Å². The van der Waals surface area contributed by atoms with Crippen LogP contribution in [-0.2, 0) is 32.1 Å². The average molecular weight is 748 g/mol. The monoisotopic (exact) mass is 746 g/mol. The molecule has 0 aliphatic heterocycles. The second-order valence-electron chi connectivity index (χ2n) is 12.1. The zero-order valence-corrected chi connectivity index (χ0v) is 30.2. The number of hydrogen-bond donors (Lipinski definition) is 10. The molecule has 278 valence electrons. The lowest BCUT2D eigenvalue weighted by Crippen LogP contribution is -2.58. The van der Waals surface area contributed by atoms with Crippen molar-refractivity contribution in [2.75, 3.05) is 13.1 Å². The number of amidine groups is 1. The number of halogens is 2. The van der Waals surface area contributed by atoms with Crippen molar-refractivity contribution >= 4 is 64.6 Å². The Labute approximate surface area is 307 Å². The molecule has 0 aromatic heterocycles. The number of guanidine groups is 2. The molecule has 2 rings (SSSR count). The highest BCUT2D eigenvalue weighted by molar-refractivity contribution is 6.42. The molecule has 0 radical (unpaired) electrons. The lowest BCUT2D eigenvalue weighted by Gasteiger charge is -2.27. The van der Waals surface area contributed by atoms with Gasteiger partial charge in [0.05, 0.1) is 16.5 Å². The lowest BCUT2D eigenvalue weighted by atomic mass is 10.0. The van der Waals surface area contributed by atoms with Gasteiger partial charge in [-0.2, -0.15) is 0 Å². The zero-order valence-electron chi connectivity index (χ0n) is 28.7. The van der Waals surface area contributed by atoms with Gasteiger partial charge in [-0.3, -0.25) is 34.6 Å². The highest BCUT2D eigenvalue weighted by atomic mass is 35.5. The van der Waals surface area contributed by atoms with Crippen LogP contribution in [0.3, 0.4) is 0 Å². The van der Waals surface area contributed by atoms with Crippen molar-refractivity contribution in [3.8, 4) is 0 Å². The van der Waals surface area contributed by atoms with Crippen LogP contribution < -0.4 is 49.9 Å². The Morgan fingerprint density at radius 3 is 1.78 bits per heavy atom. The molecule has 18 heteroatoms. The molecule has 2 aromatic rings. The van der Waals surface area contributed by atoms with Gasteiger partial charge >= 0.3 is 0 Å². The molecule has 0 spiro atoms. The Bertz CT molecular complexity index is 1580. The second-order valence-corrected chi connectivity index (χ2v) is 12.9. The van der Waals surface area contributed by atoms with Crippen LogP contribution in [0, 0.1) is 11.3 Å². The second kappa shape index (κ2) is 21.2. The summed E-state index contributed by atoms with van der Waals surface area (Å²) < 4.78 is 0. The van der Waals surface area contributed by atoms with Crippen LogP contribution in [0.4, 0.5) is 0 Å².